The molecule has 3 nitrogen and oxygen atoms in total. The molecule has 0 saturated heterocycles. The van der Waals surface area contributed by atoms with Crippen LogP contribution in [0.3, 0.4) is 0 Å². The van der Waals surface area contributed by atoms with E-state index in [1.807, 2.05) is 31.2 Å². The van der Waals surface area contributed by atoms with E-state index in [2.05, 4.69) is 17.6 Å². The molecular weight excluding hydrogens is 376 g/mol. The van der Waals surface area contributed by atoms with Crippen LogP contribution < -0.4 is 10.6 Å². The summed E-state index contributed by atoms with van der Waals surface area (Å²) in [6.07, 6.45) is 19.0. The summed E-state index contributed by atoms with van der Waals surface area (Å²) < 4.78 is 0. The van der Waals surface area contributed by atoms with Crippen LogP contribution in [-0.2, 0) is 0 Å². The number of unbranched alkanes of at least 4 members (excludes halogenated alkanes) is 13. The van der Waals surface area contributed by atoms with Gasteiger partial charge in [0, 0.05) is 12.1 Å². The number of amides is 1. The van der Waals surface area contributed by atoms with Crippen molar-refractivity contribution in [2.24, 2.45) is 0 Å². The number of carbonyl (C=O) groups is 1. The molecule has 0 spiro atoms. The maximum atomic E-state index is 12.1. The Bertz CT molecular complexity index is 556. The van der Waals surface area contributed by atoms with Gasteiger partial charge in [0.15, 0.2) is 5.11 Å². The highest BCUT2D eigenvalue weighted by Crippen LogP contribution is 2.12. The summed E-state index contributed by atoms with van der Waals surface area (Å²) in [6.45, 7) is 5.11. The molecule has 2 N–H and O–H groups in total. The largest absolute Gasteiger partial charge is 0.362 e. The zero-order chi connectivity index (χ0) is 21.2. The van der Waals surface area contributed by atoms with Crippen molar-refractivity contribution in [1.82, 2.24) is 10.6 Å². The Hall–Kier alpha value is -1.42. The summed E-state index contributed by atoms with van der Waals surface area (Å²) in [4.78, 5) is 12.1. The van der Waals surface area contributed by atoms with Gasteiger partial charge >= 0.3 is 0 Å². The van der Waals surface area contributed by atoms with Gasteiger partial charge in [-0.15, -0.1) is 0 Å². The van der Waals surface area contributed by atoms with Crippen molar-refractivity contribution in [2.45, 2.75) is 104 Å². The minimum absolute atomic E-state index is 0.150. The van der Waals surface area contributed by atoms with E-state index in [9.17, 15) is 4.79 Å². The molecule has 0 saturated carbocycles. The lowest BCUT2D eigenvalue weighted by Crippen LogP contribution is -2.39. The number of benzene rings is 1. The molecule has 29 heavy (non-hydrogen) atoms. The number of rotatable bonds is 16. The van der Waals surface area contributed by atoms with Gasteiger partial charge in [0.25, 0.3) is 5.91 Å². The van der Waals surface area contributed by atoms with E-state index < -0.39 is 0 Å². The lowest BCUT2D eigenvalue weighted by Gasteiger charge is -2.09. The van der Waals surface area contributed by atoms with Gasteiger partial charge in [-0.2, -0.15) is 0 Å². The van der Waals surface area contributed by atoms with Crippen LogP contribution in [0.2, 0.25) is 0 Å². The highest BCUT2D eigenvalue weighted by Gasteiger charge is 2.06. The second-order valence-corrected chi connectivity index (χ2v) is 8.58. The molecule has 0 bridgehead atoms. The summed E-state index contributed by atoms with van der Waals surface area (Å²) in [7, 11) is 0. The maximum absolute atomic E-state index is 12.1. The third kappa shape index (κ3) is 14.2. The molecule has 0 aliphatic rings. The van der Waals surface area contributed by atoms with Crippen molar-refractivity contribution in [3.05, 3.63) is 35.4 Å². The minimum Gasteiger partial charge on any atom is -0.362 e. The van der Waals surface area contributed by atoms with Crippen LogP contribution in [0, 0.1) is 6.92 Å². The van der Waals surface area contributed by atoms with Crippen molar-refractivity contribution in [3.8, 4) is 0 Å². The summed E-state index contributed by atoms with van der Waals surface area (Å²) in [6, 6.07) is 7.50. The number of carbonyl (C=O) groups excluding carboxylic acids is 1. The Labute approximate surface area is 184 Å². The first-order chi connectivity index (χ1) is 14.1. The van der Waals surface area contributed by atoms with Gasteiger partial charge in [0.05, 0.1) is 0 Å². The molecule has 0 aliphatic carbocycles. The average Bonchev–Trinajstić information content (AvgIpc) is 2.71. The first-order valence-corrected chi connectivity index (χ1v) is 12.2. The fraction of sp³-hybridized carbons (Fsp3) is 0.680. The lowest BCUT2D eigenvalue weighted by atomic mass is 10.0. The average molecular weight is 419 g/mol. The van der Waals surface area contributed by atoms with Gasteiger partial charge in [-0.05, 0) is 37.7 Å². The first-order valence-electron chi connectivity index (χ1n) is 11.8. The van der Waals surface area contributed by atoms with Crippen LogP contribution in [0.25, 0.3) is 0 Å². The van der Waals surface area contributed by atoms with Crippen LogP contribution in [-0.4, -0.2) is 17.6 Å². The third-order valence-corrected chi connectivity index (χ3v) is 5.60. The SMILES string of the molecule is CCCCCCCCCCCCCCCCNC(=S)NC(=O)c1ccc(C)cc1. The second kappa shape index (κ2) is 17.4. The smallest absolute Gasteiger partial charge is 0.257 e. The predicted molar refractivity (Wildman–Crippen MR) is 130 cm³/mol. The molecule has 0 heterocycles. The van der Waals surface area contributed by atoms with Gasteiger partial charge in [0.1, 0.15) is 0 Å². The first kappa shape index (κ1) is 25.6. The normalized spacial score (nSPS) is 10.7. The minimum atomic E-state index is -0.150. The molecular formula is C25H42N2OS. The van der Waals surface area contributed by atoms with Crippen molar-refractivity contribution in [1.29, 1.82) is 0 Å². The molecule has 1 aromatic carbocycles. The van der Waals surface area contributed by atoms with Crippen LogP contribution in [0.5, 0.6) is 0 Å². The van der Waals surface area contributed by atoms with Crippen molar-refractivity contribution < 1.29 is 4.79 Å². The van der Waals surface area contributed by atoms with E-state index in [-0.39, 0.29) is 5.91 Å². The molecule has 0 unspecified atom stereocenters. The zero-order valence-corrected chi connectivity index (χ0v) is 19.5. The molecule has 0 fully saturated rings. The van der Waals surface area contributed by atoms with E-state index in [0.717, 1.165) is 18.5 Å². The highest BCUT2D eigenvalue weighted by atomic mass is 32.1. The van der Waals surface area contributed by atoms with E-state index in [1.54, 1.807) is 0 Å². The van der Waals surface area contributed by atoms with Gasteiger partial charge in [-0.25, -0.2) is 0 Å². The number of hydrogen-bond acceptors (Lipinski definition) is 2. The third-order valence-electron chi connectivity index (χ3n) is 5.36. The van der Waals surface area contributed by atoms with Crippen molar-refractivity contribution in [2.75, 3.05) is 6.54 Å². The molecule has 0 atom stereocenters. The Morgan fingerprint density at radius 1 is 0.759 bits per heavy atom. The number of hydrogen-bond donors (Lipinski definition) is 2. The fourth-order valence-corrected chi connectivity index (χ4v) is 3.64. The number of thiocarbonyl (C=S) groups is 1. The monoisotopic (exact) mass is 418 g/mol. The van der Waals surface area contributed by atoms with Gasteiger partial charge in [-0.3, -0.25) is 10.1 Å². The Morgan fingerprint density at radius 3 is 1.69 bits per heavy atom. The Kier molecular flexibility index (Phi) is 15.4. The molecule has 1 amide bonds. The summed E-state index contributed by atoms with van der Waals surface area (Å²) in [5.74, 6) is -0.150. The van der Waals surface area contributed by atoms with E-state index in [1.165, 1.54) is 83.5 Å². The van der Waals surface area contributed by atoms with E-state index >= 15 is 0 Å². The van der Waals surface area contributed by atoms with Gasteiger partial charge < -0.3 is 5.32 Å². The summed E-state index contributed by atoms with van der Waals surface area (Å²) in [5, 5.41) is 6.31. The number of nitrogens with one attached hydrogen (secondary N) is 2. The van der Waals surface area contributed by atoms with Crippen LogP contribution in [0.4, 0.5) is 0 Å². The van der Waals surface area contributed by atoms with Gasteiger partial charge in [-0.1, -0.05) is 108 Å². The van der Waals surface area contributed by atoms with E-state index in [0.29, 0.717) is 10.7 Å². The Morgan fingerprint density at radius 2 is 1.21 bits per heavy atom. The predicted octanol–water partition coefficient (Wildman–Crippen LogP) is 7.08. The quantitative estimate of drug-likeness (QED) is 0.222. The van der Waals surface area contributed by atoms with Crippen LogP contribution in [0.1, 0.15) is 113 Å². The standard InChI is InChI=1S/C25H42N2OS/c1-3-4-5-6-7-8-9-10-11-12-13-14-15-16-21-26-25(29)27-24(28)23-19-17-22(2)18-20-23/h17-20H,3-16,21H2,1-2H3,(H2,26,27,28,29). The topological polar surface area (TPSA) is 41.1 Å². The van der Waals surface area contributed by atoms with Crippen LogP contribution in [0.15, 0.2) is 24.3 Å². The number of aryl methyl sites for hydroxylation is 1. The Balaban J connectivity index is 1.87. The van der Waals surface area contributed by atoms with E-state index in [4.69, 9.17) is 12.2 Å². The molecule has 1 rings (SSSR count). The van der Waals surface area contributed by atoms with Crippen LogP contribution >= 0.6 is 12.2 Å². The fourth-order valence-electron chi connectivity index (χ4n) is 3.45. The molecule has 0 radical (unpaired) electrons. The van der Waals surface area contributed by atoms with Crippen molar-refractivity contribution in [3.63, 3.8) is 0 Å². The lowest BCUT2D eigenvalue weighted by molar-refractivity contribution is 0.0976. The second-order valence-electron chi connectivity index (χ2n) is 8.17. The summed E-state index contributed by atoms with van der Waals surface area (Å²) in [5.41, 5.74) is 1.77. The molecule has 164 valence electrons. The summed E-state index contributed by atoms with van der Waals surface area (Å²) >= 11 is 5.21. The maximum Gasteiger partial charge on any atom is 0.257 e. The van der Waals surface area contributed by atoms with Crippen molar-refractivity contribution >= 4 is 23.2 Å². The molecule has 1 aromatic rings. The molecule has 4 heteroatoms. The van der Waals surface area contributed by atoms with Gasteiger partial charge in [0.2, 0.25) is 0 Å². The molecule has 0 aromatic heterocycles. The highest BCUT2D eigenvalue weighted by molar-refractivity contribution is 7.80. The zero-order valence-electron chi connectivity index (χ0n) is 18.7. The molecule has 0 aliphatic heterocycles.